The van der Waals surface area contributed by atoms with Crippen LogP contribution in [-0.4, -0.2) is 55.1 Å². The molecule has 0 saturated carbocycles. The maximum Gasteiger partial charge on any atom is 0.490 e. The lowest BCUT2D eigenvalue weighted by Gasteiger charge is -2.41. The molecule has 2 aliphatic heterocycles. The number of nitrogens with zero attached hydrogens (tertiary/aromatic N) is 1. The Morgan fingerprint density at radius 2 is 1.62 bits per heavy atom. The Morgan fingerprint density at radius 3 is 2.19 bits per heavy atom. The van der Waals surface area contributed by atoms with Crippen LogP contribution in [-0.2, 0) is 24.2 Å². The van der Waals surface area contributed by atoms with Crippen molar-refractivity contribution in [1.82, 2.24) is 4.90 Å². The van der Waals surface area contributed by atoms with E-state index in [1.165, 1.54) is 16.7 Å². The summed E-state index contributed by atoms with van der Waals surface area (Å²) in [4.78, 5) is 11.3. The third kappa shape index (κ3) is 4.55. The summed E-state index contributed by atoms with van der Waals surface area (Å²) in [5.41, 5.74) is 4.78. The fourth-order valence-electron chi connectivity index (χ4n) is 4.11. The maximum atomic E-state index is 10.6. The molecule has 0 amide bonds. The monoisotopic (exact) mass is 456 g/mol. The number of alkyl halides is 3. The number of phenolic OH excluding ortho intramolecular Hbond substituents is 1. The summed E-state index contributed by atoms with van der Waals surface area (Å²) in [5.74, 6) is -0.384. The average molecular weight is 456 g/mol. The van der Waals surface area contributed by atoms with Crippen molar-refractivity contribution in [2.24, 2.45) is 0 Å². The standard InChI is InChI=1S/C20H23NO4.C2HF3O2/c1-23-17-5-4-12-8-16-14-10-19(25-3)18(24-2)9-13(14)6-7-21(16)11-15(12)20(17)22;3-2(4,5)1(6)7/h4-5,9-10,16,22H,6-8,11H2,1-3H3;(H,6,7)/t16-;/m0./s1/i11+1;. The highest BCUT2D eigenvalue weighted by atomic mass is 19.4. The largest absolute Gasteiger partial charge is 0.504 e. The van der Waals surface area contributed by atoms with E-state index >= 15 is 0 Å². The molecular weight excluding hydrogens is 432 g/mol. The van der Waals surface area contributed by atoms with Gasteiger partial charge in [0.15, 0.2) is 23.0 Å². The van der Waals surface area contributed by atoms with Crippen LogP contribution in [0.5, 0.6) is 23.0 Å². The first-order valence-corrected chi connectivity index (χ1v) is 9.77. The lowest BCUT2D eigenvalue weighted by Crippen LogP contribution is -2.39. The summed E-state index contributed by atoms with van der Waals surface area (Å²) in [7, 11) is 4.93. The van der Waals surface area contributed by atoms with E-state index in [4.69, 9.17) is 24.1 Å². The molecule has 2 aromatic carbocycles. The van der Waals surface area contributed by atoms with Crippen LogP contribution < -0.4 is 14.2 Å². The highest BCUT2D eigenvalue weighted by Crippen LogP contribution is 2.45. The molecular formula is C22H24F3NO6. The Labute approximate surface area is 182 Å². The van der Waals surface area contributed by atoms with Gasteiger partial charge in [-0.2, -0.15) is 13.2 Å². The molecule has 0 fully saturated rings. The van der Waals surface area contributed by atoms with E-state index in [1.54, 1.807) is 21.3 Å². The van der Waals surface area contributed by atoms with E-state index in [2.05, 4.69) is 23.1 Å². The SMILES string of the molecule is COc1cc2c(cc1OC)[C@@H]1Cc3ccc(OC)c(O)c3[13CH2]N1CC2.O=C(O)C(F)(F)F. The van der Waals surface area contributed by atoms with Crippen LogP contribution in [0.25, 0.3) is 0 Å². The summed E-state index contributed by atoms with van der Waals surface area (Å²) >= 11 is 0. The predicted molar refractivity (Wildman–Crippen MR) is 108 cm³/mol. The van der Waals surface area contributed by atoms with Crippen LogP contribution in [0.4, 0.5) is 13.2 Å². The predicted octanol–water partition coefficient (Wildman–Crippen LogP) is 3.71. The minimum atomic E-state index is -5.08. The molecule has 2 aliphatic rings. The van der Waals surface area contributed by atoms with Gasteiger partial charge in [-0.1, -0.05) is 6.07 Å². The van der Waals surface area contributed by atoms with E-state index in [-0.39, 0.29) is 5.75 Å². The fourth-order valence-corrected chi connectivity index (χ4v) is 4.11. The zero-order valence-electron chi connectivity index (χ0n) is 17.8. The molecule has 0 radical (unpaired) electrons. The minimum absolute atomic E-state index is 0.275. The van der Waals surface area contributed by atoms with Gasteiger partial charge in [0.25, 0.3) is 0 Å². The highest BCUT2D eigenvalue weighted by molar-refractivity contribution is 5.73. The third-order valence-corrected chi connectivity index (χ3v) is 5.69. The molecule has 2 aromatic rings. The van der Waals surface area contributed by atoms with Gasteiger partial charge >= 0.3 is 12.1 Å². The quantitative estimate of drug-likeness (QED) is 0.681. The number of ether oxygens (including phenoxy) is 3. The zero-order chi connectivity index (χ0) is 23.6. The number of carboxylic acids is 1. The molecule has 0 spiro atoms. The maximum absolute atomic E-state index is 10.6. The molecule has 174 valence electrons. The molecule has 2 N–H and O–H groups in total. The highest BCUT2D eigenvalue weighted by Gasteiger charge is 2.38. The van der Waals surface area contributed by atoms with Crippen molar-refractivity contribution >= 4 is 5.97 Å². The van der Waals surface area contributed by atoms with Gasteiger partial charge in [0, 0.05) is 24.7 Å². The van der Waals surface area contributed by atoms with Gasteiger partial charge in [0.2, 0.25) is 0 Å². The van der Waals surface area contributed by atoms with Gasteiger partial charge in [-0.3, -0.25) is 4.90 Å². The van der Waals surface area contributed by atoms with Crippen LogP contribution in [0.3, 0.4) is 0 Å². The number of benzene rings is 2. The number of aromatic hydroxyl groups is 1. The third-order valence-electron chi connectivity index (χ3n) is 5.69. The zero-order valence-corrected chi connectivity index (χ0v) is 17.8. The molecule has 32 heavy (non-hydrogen) atoms. The number of phenols is 1. The molecule has 10 heteroatoms. The normalized spacial score (nSPS) is 17.1. The summed E-state index contributed by atoms with van der Waals surface area (Å²) < 4.78 is 47.9. The van der Waals surface area contributed by atoms with Gasteiger partial charge in [0.1, 0.15) is 0 Å². The first kappa shape index (κ1) is 23.5. The fraction of sp³-hybridized carbons (Fsp3) is 0.409. The van der Waals surface area contributed by atoms with Crippen molar-refractivity contribution in [2.45, 2.75) is 31.6 Å². The van der Waals surface area contributed by atoms with Crippen molar-refractivity contribution in [1.29, 1.82) is 0 Å². The molecule has 0 bridgehead atoms. The average Bonchev–Trinajstić information content (AvgIpc) is 2.77. The second-order valence-corrected chi connectivity index (χ2v) is 7.40. The number of carbonyl (C=O) groups is 1. The van der Waals surface area contributed by atoms with E-state index in [1.807, 2.05) is 6.07 Å². The molecule has 7 nitrogen and oxygen atoms in total. The Kier molecular flexibility index (Phi) is 6.73. The Bertz CT molecular complexity index is 1010. The first-order chi connectivity index (χ1) is 15.1. The second kappa shape index (κ2) is 9.15. The smallest absolute Gasteiger partial charge is 0.490 e. The second-order valence-electron chi connectivity index (χ2n) is 7.40. The molecule has 0 unspecified atom stereocenters. The van der Waals surface area contributed by atoms with Crippen molar-refractivity contribution in [3.8, 4) is 23.0 Å². The van der Waals surface area contributed by atoms with Crippen molar-refractivity contribution < 1.29 is 42.4 Å². The van der Waals surface area contributed by atoms with Gasteiger partial charge < -0.3 is 24.4 Å². The number of halogens is 3. The van der Waals surface area contributed by atoms with E-state index in [9.17, 15) is 18.3 Å². The number of aliphatic carboxylic acids is 1. The summed E-state index contributed by atoms with van der Waals surface area (Å²) in [6, 6.07) is 8.43. The van der Waals surface area contributed by atoms with Gasteiger partial charge in [-0.25, -0.2) is 4.79 Å². The van der Waals surface area contributed by atoms with Crippen LogP contribution in [0.1, 0.15) is 28.3 Å². The van der Waals surface area contributed by atoms with Gasteiger partial charge in [0.05, 0.1) is 21.3 Å². The lowest BCUT2D eigenvalue weighted by atomic mass is 9.86. The number of hydrogen-bond acceptors (Lipinski definition) is 6. The van der Waals surface area contributed by atoms with E-state index < -0.39 is 12.1 Å². The van der Waals surface area contributed by atoms with Crippen LogP contribution in [0.15, 0.2) is 24.3 Å². The molecule has 0 aliphatic carbocycles. The molecule has 2 heterocycles. The Balaban J connectivity index is 0.000000360. The van der Waals surface area contributed by atoms with Crippen molar-refractivity contribution in [3.05, 3.63) is 46.5 Å². The van der Waals surface area contributed by atoms with Crippen molar-refractivity contribution in [2.75, 3.05) is 27.9 Å². The minimum Gasteiger partial charge on any atom is -0.504 e. The van der Waals surface area contributed by atoms with Crippen LogP contribution >= 0.6 is 0 Å². The van der Waals surface area contributed by atoms with Crippen molar-refractivity contribution in [3.63, 3.8) is 0 Å². The Morgan fingerprint density at radius 1 is 1.03 bits per heavy atom. The van der Waals surface area contributed by atoms with E-state index in [0.29, 0.717) is 11.8 Å². The summed E-state index contributed by atoms with van der Waals surface area (Å²) in [6.07, 6.45) is -3.25. The summed E-state index contributed by atoms with van der Waals surface area (Å²) in [6.45, 7) is 1.69. The number of carboxylic acid groups (broad SMARTS) is 1. The summed E-state index contributed by atoms with van der Waals surface area (Å²) in [5, 5.41) is 17.6. The molecule has 4 rings (SSSR count). The first-order valence-electron chi connectivity index (χ1n) is 9.77. The van der Waals surface area contributed by atoms with Gasteiger partial charge in [-0.05, 0) is 47.7 Å². The van der Waals surface area contributed by atoms with Crippen LogP contribution in [0, 0.1) is 0 Å². The molecule has 0 aromatic heterocycles. The van der Waals surface area contributed by atoms with E-state index in [0.717, 1.165) is 43.0 Å². The van der Waals surface area contributed by atoms with Crippen LogP contribution in [0.2, 0.25) is 0 Å². The number of methoxy groups -OCH3 is 3. The lowest BCUT2D eigenvalue weighted by molar-refractivity contribution is -0.192. The molecule has 1 atom stereocenters. The topological polar surface area (TPSA) is 88.5 Å². The number of fused-ring (bicyclic) bond motifs is 4. The Hall–Kier alpha value is -3.14. The number of hydrogen-bond donors (Lipinski definition) is 2. The van der Waals surface area contributed by atoms with Gasteiger partial charge in [-0.15, -0.1) is 0 Å². The molecule has 0 saturated heterocycles. The number of rotatable bonds is 3.